The van der Waals surface area contributed by atoms with E-state index in [1.165, 1.54) is 10.5 Å². The molecule has 0 spiro atoms. The molecule has 16 heavy (non-hydrogen) atoms. The number of thioether (sulfide) groups is 1. The Labute approximate surface area is 102 Å². The van der Waals surface area contributed by atoms with Crippen LogP contribution in [0.1, 0.15) is 18.9 Å². The van der Waals surface area contributed by atoms with E-state index in [1.807, 2.05) is 11.8 Å². The lowest BCUT2D eigenvalue weighted by Crippen LogP contribution is -2.32. The molecule has 0 aliphatic carbocycles. The van der Waals surface area contributed by atoms with Gasteiger partial charge < -0.3 is 10.4 Å². The number of aliphatic hydroxyl groups is 1. The second-order valence-corrected chi connectivity index (χ2v) is 4.98. The Balaban J connectivity index is 2.32. The number of likely N-dealkylation sites (N-methyl/N-ethyl adjacent to an activating group) is 1. The van der Waals surface area contributed by atoms with Crippen molar-refractivity contribution in [3.8, 4) is 0 Å². The molecule has 0 aromatic heterocycles. The molecular weight excluding hydrogens is 218 g/mol. The zero-order valence-corrected chi connectivity index (χ0v) is 10.9. The normalized spacial score (nSPS) is 12.7. The van der Waals surface area contributed by atoms with Crippen LogP contribution in [0.15, 0.2) is 29.2 Å². The summed E-state index contributed by atoms with van der Waals surface area (Å²) in [5.41, 5.74) is 1.33. The summed E-state index contributed by atoms with van der Waals surface area (Å²) in [7, 11) is 0. The van der Waals surface area contributed by atoms with Crippen LogP contribution in [0.5, 0.6) is 0 Å². The Morgan fingerprint density at radius 2 is 2.12 bits per heavy atom. The number of hydrogen-bond acceptors (Lipinski definition) is 3. The first-order valence-electron chi connectivity index (χ1n) is 5.80. The van der Waals surface area contributed by atoms with Crippen LogP contribution in [0, 0.1) is 6.92 Å². The monoisotopic (exact) mass is 239 g/mol. The van der Waals surface area contributed by atoms with Crippen LogP contribution in [0.4, 0.5) is 0 Å². The third kappa shape index (κ3) is 4.56. The fourth-order valence-electron chi connectivity index (χ4n) is 1.58. The van der Waals surface area contributed by atoms with Gasteiger partial charge in [-0.2, -0.15) is 0 Å². The van der Waals surface area contributed by atoms with Gasteiger partial charge in [-0.05, 0) is 37.3 Å². The number of hydrogen-bond donors (Lipinski definition) is 2. The van der Waals surface area contributed by atoms with Gasteiger partial charge >= 0.3 is 0 Å². The third-order valence-electron chi connectivity index (χ3n) is 2.53. The fourth-order valence-corrected chi connectivity index (χ4v) is 2.67. The molecule has 0 saturated carbocycles. The SMILES string of the molecule is CCNC(CO)CCSc1ccccc1C. The number of nitrogens with one attached hydrogen (secondary N) is 1. The maximum atomic E-state index is 9.14. The quantitative estimate of drug-likeness (QED) is 0.717. The van der Waals surface area contributed by atoms with Gasteiger partial charge in [0.1, 0.15) is 0 Å². The van der Waals surface area contributed by atoms with Crippen molar-refractivity contribution in [1.29, 1.82) is 0 Å². The number of aliphatic hydroxyl groups excluding tert-OH is 1. The molecule has 0 aliphatic rings. The van der Waals surface area contributed by atoms with Gasteiger partial charge in [-0.15, -0.1) is 11.8 Å². The van der Waals surface area contributed by atoms with Crippen molar-refractivity contribution in [2.24, 2.45) is 0 Å². The van der Waals surface area contributed by atoms with Gasteiger partial charge in [0.2, 0.25) is 0 Å². The van der Waals surface area contributed by atoms with E-state index in [0.717, 1.165) is 18.7 Å². The van der Waals surface area contributed by atoms with Crippen LogP contribution in [-0.4, -0.2) is 30.1 Å². The summed E-state index contributed by atoms with van der Waals surface area (Å²) in [4.78, 5) is 1.34. The first kappa shape index (κ1) is 13.6. The lowest BCUT2D eigenvalue weighted by molar-refractivity contribution is 0.242. The molecule has 2 nitrogen and oxygen atoms in total. The molecule has 1 unspecified atom stereocenters. The fraction of sp³-hybridized carbons (Fsp3) is 0.538. The molecule has 1 atom stereocenters. The highest BCUT2D eigenvalue weighted by Gasteiger charge is 2.05. The first-order valence-corrected chi connectivity index (χ1v) is 6.79. The summed E-state index contributed by atoms with van der Waals surface area (Å²) < 4.78 is 0. The average molecular weight is 239 g/mol. The third-order valence-corrected chi connectivity index (χ3v) is 3.74. The van der Waals surface area contributed by atoms with Crippen LogP contribution in [0.25, 0.3) is 0 Å². The highest BCUT2D eigenvalue weighted by atomic mass is 32.2. The Kier molecular flexibility index (Phi) is 6.53. The standard InChI is InChI=1S/C13H21NOS/c1-3-14-12(10-15)8-9-16-13-7-5-4-6-11(13)2/h4-7,12,14-15H,3,8-10H2,1-2H3. The smallest absolute Gasteiger partial charge is 0.0584 e. The van der Waals surface area contributed by atoms with E-state index in [4.69, 9.17) is 5.11 Å². The minimum absolute atomic E-state index is 0.224. The Morgan fingerprint density at radius 3 is 2.75 bits per heavy atom. The molecule has 0 bridgehead atoms. The molecule has 1 rings (SSSR count). The number of benzene rings is 1. The number of rotatable bonds is 7. The predicted molar refractivity (Wildman–Crippen MR) is 71.1 cm³/mol. The molecular formula is C13H21NOS. The predicted octanol–water partition coefficient (Wildman–Crippen LogP) is 2.45. The molecule has 0 heterocycles. The maximum Gasteiger partial charge on any atom is 0.0584 e. The Bertz CT molecular complexity index is 304. The van der Waals surface area contributed by atoms with E-state index in [-0.39, 0.29) is 12.6 Å². The highest BCUT2D eigenvalue weighted by Crippen LogP contribution is 2.22. The van der Waals surface area contributed by atoms with Gasteiger partial charge in [-0.25, -0.2) is 0 Å². The summed E-state index contributed by atoms with van der Waals surface area (Å²) in [6.45, 7) is 5.34. The number of aryl methyl sites for hydroxylation is 1. The van der Waals surface area contributed by atoms with E-state index in [0.29, 0.717) is 0 Å². The topological polar surface area (TPSA) is 32.3 Å². The molecule has 0 radical (unpaired) electrons. The van der Waals surface area contributed by atoms with Gasteiger partial charge in [0.15, 0.2) is 0 Å². The largest absolute Gasteiger partial charge is 0.395 e. The molecule has 1 aromatic rings. The lowest BCUT2D eigenvalue weighted by atomic mass is 10.2. The average Bonchev–Trinajstić information content (AvgIpc) is 2.30. The van der Waals surface area contributed by atoms with Crippen LogP contribution >= 0.6 is 11.8 Å². The van der Waals surface area contributed by atoms with Crippen LogP contribution in [0.2, 0.25) is 0 Å². The summed E-state index contributed by atoms with van der Waals surface area (Å²) in [6, 6.07) is 8.66. The summed E-state index contributed by atoms with van der Waals surface area (Å²) in [6.07, 6.45) is 1.00. The first-order chi connectivity index (χ1) is 7.77. The van der Waals surface area contributed by atoms with Crippen molar-refractivity contribution >= 4 is 11.8 Å². The van der Waals surface area contributed by atoms with E-state index in [1.54, 1.807) is 0 Å². The molecule has 2 N–H and O–H groups in total. The van der Waals surface area contributed by atoms with Crippen LogP contribution < -0.4 is 5.32 Å². The lowest BCUT2D eigenvalue weighted by Gasteiger charge is -2.14. The van der Waals surface area contributed by atoms with Crippen molar-refractivity contribution in [1.82, 2.24) is 5.32 Å². The second-order valence-electron chi connectivity index (χ2n) is 3.84. The van der Waals surface area contributed by atoms with Gasteiger partial charge in [0.25, 0.3) is 0 Å². The maximum absolute atomic E-state index is 9.14. The van der Waals surface area contributed by atoms with Gasteiger partial charge in [-0.1, -0.05) is 25.1 Å². The van der Waals surface area contributed by atoms with E-state index in [2.05, 4.69) is 43.4 Å². The van der Waals surface area contributed by atoms with Crippen LogP contribution in [0.3, 0.4) is 0 Å². The molecule has 0 aliphatic heterocycles. The summed E-state index contributed by atoms with van der Waals surface area (Å²) in [5, 5.41) is 12.4. The second kappa shape index (κ2) is 7.71. The van der Waals surface area contributed by atoms with E-state index >= 15 is 0 Å². The Hall–Kier alpha value is -0.510. The van der Waals surface area contributed by atoms with Crippen molar-refractivity contribution in [3.63, 3.8) is 0 Å². The summed E-state index contributed by atoms with van der Waals surface area (Å²) >= 11 is 1.87. The van der Waals surface area contributed by atoms with Crippen molar-refractivity contribution in [2.75, 3.05) is 18.9 Å². The van der Waals surface area contributed by atoms with E-state index < -0.39 is 0 Å². The molecule has 0 saturated heterocycles. The molecule has 0 fully saturated rings. The van der Waals surface area contributed by atoms with Gasteiger partial charge in [0, 0.05) is 10.9 Å². The zero-order chi connectivity index (χ0) is 11.8. The zero-order valence-electron chi connectivity index (χ0n) is 10.1. The van der Waals surface area contributed by atoms with Crippen molar-refractivity contribution < 1.29 is 5.11 Å². The van der Waals surface area contributed by atoms with E-state index in [9.17, 15) is 0 Å². The van der Waals surface area contributed by atoms with Crippen molar-refractivity contribution in [3.05, 3.63) is 29.8 Å². The van der Waals surface area contributed by atoms with Gasteiger partial charge in [-0.3, -0.25) is 0 Å². The summed E-state index contributed by atoms with van der Waals surface area (Å²) in [5.74, 6) is 1.04. The van der Waals surface area contributed by atoms with Gasteiger partial charge in [0.05, 0.1) is 6.61 Å². The minimum atomic E-state index is 0.224. The minimum Gasteiger partial charge on any atom is -0.395 e. The molecule has 90 valence electrons. The Morgan fingerprint density at radius 1 is 1.38 bits per heavy atom. The highest BCUT2D eigenvalue weighted by molar-refractivity contribution is 7.99. The molecule has 0 amide bonds. The molecule has 3 heteroatoms. The van der Waals surface area contributed by atoms with Crippen molar-refractivity contribution in [2.45, 2.75) is 31.2 Å². The van der Waals surface area contributed by atoms with Crippen LogP contribution in [-0.2, 0) is 0 Å². The molecule has 1 aromatic carbocycles.